The van der Waals surface area contributed by atoms with Gasteiger partial charge < -0.3 is 4.74 Å². The van der Waals surface area contributed by atoms with Gasteiger partial charge in [0, 0.05) is 10.6 Å². The van der Waals surface area contributed by atoms with E-state index in [0.29, 0.717) is 11.8 Å². The zero-order valence-corrected chi connectivity index (χ0v) is 18.9. The average Bonchev–Trinajstić information content (AvgIpc) is 3.20. The third kappa shape index (κ3) is 5.08. The van der Waals surface area contributed by atoms with Crippen molar-refractivity contribution in [1.82, 2.24) is 5.01 Å². The van der Waals surface area contributed by atoms with E-state index in [0.717, 1.165) is 28.5 Å². The summed E-state index contributed by atoms with van der Waals surface area (Å²) in [7, 11) is 0. The third-order valence-corrected chi connectivity index (χ3v) is 6.66. The molecule has 31 heavy (non-hydrogen) atoms. The highest BCUT2D eigenvalue weighted by atomic mass is 32.2. The van der Waals surface area contributed by atoms with E-state index in [1.54, 1.807) is 17.8 Å². The maximum Gasteiger partial charge on any atom is 0.283 e. The first-order chi connectivity index (χ1) is 15.0. The molecule has 0 saturated carbocycles. The Kier molecular flexibility index (Phi) is 6.58. The highest BCUT2D eigenvalue weighted by Gasteiger charge is 2.34. The van der Waals surface area contributed by atoms with Gasteiger partial charge in [0.05, 0.1) is 12.2 Å². The lowest BCUT2D eigenvalue weighted by Gasteiger charge is -2.20. The number of amidine groups is 2. The molecule has 2 aromatic rings. The number of thioether (sulfide) groups is 2. The maximum absolute atomic E-state index is 12.4. The Morgan fingerprint density at radius 3 is 2.61 bits per heavy atom. The van der Waals surface area contributed by atoms with Crippen molar-refractivity contribution in [2.45, 2.75) is 25.2 Å². The largest absolute Gasteiger partial charge is 0.493 e. The fourth-order valence-corrected chi connectivity index (χ4v) is 4.51. The van der Waals surface area contributed by atoms with Crippen LogP contribution >= 0.6 is 23.5 Å². The molecule has 6 nitrogen and oxygen atoms in total. The van der Waals surface area contributed by atoms with Crippen LogP contribution in [-0.4, -0.2) is 39.3 Å². The van der Waals surface area contributed by atoms with Crippen molar-refractivity contribution in [3.05, 3.63) is 65.2 Å². The minimum Gasteiger partial charge on any atom is -0.493 e. The van der Waals surface area contributed by atoms with Gasteiger partial charge in [-0.1, -0.05) is 36.8 Å². The van der Waals surface area contributed by atoms with Crippen molar-refractivity contribution in [2.75, 3.05) is 12.4 Å². The van der Waals surface area contributed by atoms with Gasteiger partial charge in [0.2, 0.25) is 5.17 Å². The number of aliphatic imine (C=N–C) groups is 1. The number of rotatable bonds is 7. The van der Waals surface area contributed by atoms with Crippen molar-refractivity contribution in [1.29, 1.82) is 5.41 Å². The number of nitrogens with one attached hydrogen (secondary N) is 1. The lowest BCUT2D eigenvalue weighted by molar-refractivity contribution is -0.114. The molecule has 2 aliphatic heterocycles. The standard InChI is InChI=1S/C23H22N4O2S2/c1-3-20-26-27-21(24)19(22(28)25-23(27)31-20)14-16-6-8-17(9-7-16)29-12-13-30-18-10-4-15(2)5-11-18/h4-11,14,24H,3,12-13H2,1-2H3/b19-14-,24-21?. The summed E-state index contributed by atoms with van der Waals surface area (Å²) in [6.45, 7) is 4.66. The quantitative estimate of drug-likeness (QED) is 0.357. The topological polar surface area (TPSA) is 78.1 Å². The summed E-state index contributed by atoms with van der Waals surface area (Å²) in [5, 5.41) is 15.5. The first-order valence-corrected chi connectivity index (χ1v) is 11.7. The molecule has 4 rings (SSSR count). The number of ether oxygens (including phenoxy) is 1. The second-order valence-electron chi connectivity index (χ2n) is 6.95. The van der Waals surface area contributed by atoms with Crippen LogP contribution in [-0.2, 0) is 4.79 Å². The number of fused-ring (bicyclic) bond motifs is 1. The van der Waals surface area contributed by atoms with Crippen molar-refractivity contribution < 1.29 is 9.53 Å². The minimum atomic E-state index is -0.412. The Morgan fingerprint density at radius 2 is 1.90 bits per heavy atom. The predicted molar refractivity (Wildman–Crippen MR) is 129 cm³/mol. The van der Waals surface area contributed by atoms with Gasteiger partial charge in [-0.2, -0.15) is 15.1 Å². The SMILES string of the molecule is CCC1=NN2C(=N)/C(=C/c3ccc(OCCSc4ccc(C)cc4)cc3)C(=O)N=C2S1. The smallest absolute Gasteiger partial charge is 0.283 e. The second kappa shape index (κ2) is 9.53. The number of hydrogen-bond donors (Lipinski definition) is 1. The summed E-state index contributed by atoms with van der Waals surface area (Å²) < 4.78 is 5.82. The van der Waals surface area contributed by atoms with Gasteiger partial charge in [-0.25, -0.2) is 0 Å². The van der Waals surface area contributed by atoms with Crippen molar-refractivity contribution in [3.63, 3.8) is 0 Å². The molecule has 0 aromatic heterocycles. The van der Waals surface area contributed by atoms with Gasteiger partial charge in [-0.3, -0.25) is 10.2 Å². The van der Waals surface area contributed by atoms with E-state index in [9.17, 15) is 4.79 Å². The number of benzene rings is 2. The molecule has 158 valence electrons. The fraction of sp³-hybridized carbons (Fsp3) is 0.217. The molecular formula is C23H22N4O2S2. The molecule has 0 fully saturated rings. The summed E-state index contributed by atoms with van der Waals surface area (Å²) in [5.41, 5.74) is 2.29. The Hall–Kier alpha value is -2.84. The summed E-state index contributed by atoms with van der Waals surface area (Å²) >= 11 is 3.10. The first kappa shape index (κ1) is 21.4. The normalized spacial score (nSPS) is 17.0. The lowest BCUT2D eigenvalue weighted by atomic mass is 10.1. The number of hydrogen-bond acceptors (Lipinski definition) is 6. The van der Waals surface area contributed by atoms with Gasteiger partial charge in [0.25, 0.3) is 5.91 Å². The molecular weight excluding hydrogens is 428 g/mol. The van der Waals surface area contributed by atoms with Crippen LogP contribution in [0.1, 0.15) is 24.5 Å². The summed E-state index contributed by atoms with van der Waals surface area (Å²) in [5.74, 6) is 1.27. The molecule has 0 atom stereocenters. The number of carbonyl (C=O) groups excluding carboxylic acids is 1. The van der Waals surface area contributed by atoms with Crippen LogP contribution in [0, 0.1) is 12.3 Å². The van der Waals surface area contributed by atoms with Gasteiger partial charge in [0.15, 0.2) is 5.84 Å². The number of hydrazone groups is 1. The molecule has 2 heterocycles. The van der Waals surface area contributed by atoms with E-state index in [1.807, 2.05) is 31.2 Å². The Morgan fingerprint density at radius 1 is 1.16 bits per heavy atom. The van der Waals surface area contributed by atoms with Crippen molar-refractivity contribution in [2.24, 2.45) is 10.1 Å². The van der Waals surface area contributed by atoms with Crippen LogP contribution in [0.5, 0.6) is 5.75 Å². The molecule has 0 unspecified atom stereocenters. The fourth-order valence-electron chi connectivity index (χ4n) is 2.96. The molecule has 1 amide bonds. The van der Waals surface area contributed by atoms with Crippen LogP contribution in [0.2, 0.25) is 0 Å². The number of amides is 1. The summed E-state index contributed by atoms with van der Waals surface area (Å²) in [6.07, 6.45) is 2.41. The van der Waals surface area contributed by atoms with Gasteiger partial charge >= 0.3 is 0 Å². The summed E-state index contributed by atoms with van der Waals surface area (Å²) in [4.78, 5) is 17.7. The maximum atomic E-state index is 12.4. The molecule has 2 aromatic carbocycles. The highest BCUT2D eigenvalue weighted by Crippen LogP contribution is 2.29. The van der Waals surface area contributed by atoms with E-state index in [2.05, 4.69) is 41.3 Å². The molecule has 0 bridgehead atoms. The van der Waals surface area contributed by atoms with Gasteiger partial charge in [-0.15, -0.1) is 11.8 Å². The van der Waals surface area contributed by atoms with Crippen molar-refractivity contribution >= 4 is 51.6 Å². The van der Waals surface area contributed by atoms with Gasteiger partial charge in [0.1, 0.15) is 10.8 Å². The van der Waals surface area contributed by atoms with Crippen LogP contribution in [0.25, 0.3) is 6.08 Å². The van der Waals surface area contributed by atoms with Crippen LogP contribution in [0.3, 0.4) is 0 Å². The molecule has 0 radical (unpaired) electrons. The zero-order chi connectivity index (χ0) is 21.8. The third-order valence-electron chi connectivity index (χ3n) is 4.63. The first-order valence-electron chi connectivity index (χ1n) is 9.95. The molecule has 2 aliphatic rings. The van der Waals surface area contributed by atoms with Gasteiger partial charge in [-0.05, 0) is 61.0 Å². The molecule has 8 heteroatoms. The minimum absolute atomic E-state index is 0.0550. The molecule has 0 spiro atoms. The monoisotopic (exact) mass is 450 g/mol. The van der Waals surface area contributed by atoms with E-state index < -0.39 is 5.91 Å². The Labute approximate surface area is 190 Å². The van der Waals surface area contributed by atoms with E-state index in [-0.39, 0.29) is 11.4 Å². The summed E-state index contributed by atoms with van der Waals surface area (Å²) in [6, 6.07) is 15.9. The Bertz CT molecular complexity index is 1090. The molecule has 0 aliphatic carbocycles. The average molecular weight is 451 g/mol. The van der Waals surface area contributed by atoms with Crippen LogP contribution in [0.15, 0.2) is 69.1 Å². The van der Waals surface area contributed by atoms with Crippen LogP contribution < -0.4 is 4.74 Å². The highest BCUT2D eigenvalue weighted by molar-refractivity contribution is 8.26. The lowest BCUT2D eigenvalue weighted by Crippen LogP contribution is -2.35. The van der Waals surface area contributed by atoms with Crippen molar-refractivity contribution in [3.8, 4) is 5.75 Å². The predicted octanol–water partition coefficient (Wildman–Crippen LogP) is 5.20. The van der Waals surface area contributed by atoms with Crippen LogP contribution in [0.4, 0.5) is 0 Å². The van der Waals surface area contributed by atoms with E-state index in [1.165, 1.54) is 27.2 Å². The van der Waals surface area contributed by atoms with E-state index in [4.69, 9.17) is 10.1 Å². The second-order valence-corrected chi connectivity index (χ2v) is 9.16. The number of aryl methyl sites for hydroxylation is 1. The number of carbonyl (C=O) groups is 1. The van der Waals surface area contributed by atoms with E-state index >= 15 is 0 Å². The molecule has 1 N–H and O–H groups in total. The molecule has 0 saturated heterocycles. The number of nitrogens with zero attached hydrogens (tertiary/aromatic N) is 3. The Balaban J connectivity index is 1.35. The zero-order valence-electron chi connectivity index (χ0n) is 17.3.